The number of fused-ring (bicyclic) bond motifs is 1. The van der Waals surface area contributed by atoms with Crippen LogP contribution < -0.4 is 4.90 Å². The second-order valence-electron chi connectivity index (χ2n) is 6.15. The lowest BCUT2D eigenvalue weighted by molar-refractivity contribution is -0.186. The zero-order chi connectivity index (χ0) is 18.4. The van der Waals surface area contributed by atoms with Crippen molar-refractivity contribution in [1.82, 2.24) is 4.90 Å². The first-order valence-electron chi connectivity index (χ1n) is 7.87. The van der Waals surface area contributed by atoms with Gasteiger partial charge in [0.2, 0.25) is 5.91 Å². The van der Waals surface area contributed by atoms with Gasteiger partial charge in [-0.05, 0) is 37.5 Å². The number of anilines is 1. The number of nitrogens with zero attached hydrogens (tertiary/aromatic N) is 2. The van der Waals surface area contributed by atoms with Crippen molar-refractivity contribution < 1.29 is 32.3 Å². The Balaban J connectivity index is 1.89. The number of benzene rings is 1. The lowest BCUT2D eigenvalue weighted by Gasteiger charge is -2.35. The fourth-order valence-electron chi connectivity index (χ4n) is 3.40. The maximum atomic E-state index is 13.4. The highest BCUT2D eigenvalue weighted by Gasteiger charge is 2.48. The Labute approximate surface area is 140 Å². The van der Waals surface area contributed by atoms with Crippen LogP contribution in [-0.4, -0.2) is 47.1 Å². The van der Waals surface area contributed by atoms with E-state index in [9.17, 15) is 32.3 Å². The van der Waals surface area contributed by atoms with E-state index >= 15 is 0 Å². The van der Waals surface area contributed by atoms with Gasteiger partial charge in [-0.15, -0.1) is 0 Å². The number of rotatable bonds is 1. The Hall–Kier alpha value is -2.16. The number of carbonyl (C=O) groups excluding carboxylic acids is 2. The predicted molar refractivity (Wildman–Crippen MR) is 79.1 cm³/mol. The summed E-state index contributed by atoms with van der Waals surface area (Å²) in [5, 5.41) is 9.98. The molecule has 0 saturated carbocycles. The first-order chi connectivity index (χ1) is 11.7. The molecule has 3 rings (SSSR count). The molecule has 2 atom stereocenters. The van der Waals surface area contributed by atoms with Crippen molar-refractivity contribution in [2.45, 2.75) is 37.6 Å². The van der Waals surface area contributed by atoms with Crippen molar-refractivity contribution in [3.8, 4) is 0 Å². The molecule has 0 aliphatic carbocycles. The fraction of sp³-hybridized carbons (Fsp3) is 0.500. The number of aliphatic hydroxyl groups is 1. The molecule has 2 aliphatic heterocycles. The zero-order valence-corrected chi connectivity index (χ0v) is 13.1. The molecule has 1 fully saturated rings. The Morgan fingerprint density at radius 1 is 1.16 bits per heavy atom. The fourth-order valence-corrected chi connectivity index (χ4v) is 3.40. The number of hydrogen-bond donors (Lipinski definition) is 1. The molecule has 0 spiro atoms. The van der Waals surface area contributed by atoms with Crippen LogP contribution >= 0.6 is 0 Å². The molecule has 1 saturated heterocycles. The minimum Gasteiger partial charge on any atom is -0.388 e. The van der Waals surface area contributed by atoms with E-state index in [0.717, 1.165) is 12.1 Å². The van der Waals surface area contributed by atoms with Crippen molar-refractivity contribution in [1.29, 1.82) is 0 Å². The summed E-state index contributed by atoms with van der Waals surface area (Å²) in [5.41, 5.74) is 0.475. The average Bonchev–Trinajstić information content (AvgIpc) is 3.03. The van der Waals surface area contributed by atoms with Crippen molar-refractivity contribution >= 4 is 17.5 Å². The number of aliphatic hydroxyl groups excluding tert-OH is 1. The number of amides is 2. The van der Waals surface area contributed by atoms with E-state index < -0.39 is 36.0 Å². The van der Waals surface area contributed by atoms with Gasteiger partial charge in [-0.1, -0.05) is 0 Å². The number of hydrogen-bond acceptors (Lipinski definition) is 3. The molecule has 9 heteroatoms. The third-order valence-electron chi connectivity index (χ3n) is 4.57. The maximum Gasteiger partial charge on any atom is 0.471 e. The average molecular weight is 360 g/mol. The Bertz CT molecular complexity index is 707. The molecular weight excluding hydrogens is 344 g/mol. The van der Waals surface area contributed by atoms with Gasteiger partial charge in [0.1, 0.15) is 11.9 Å². The minimum atomic E-state index is -5.04. The van der Waals surface area contributed by atoms with Gasteiger partial charge in [0.15, 0.2) is 0 Å². The molecule has 1 aromatic carbocycles. The highest BCUT2D eigenvalue weighted by Crippen LogP contribution is 2.36. The second kappa shape index (κ2) is 6.29. The molecule has 2 amide bonds. The van der Waals surface area contributed by atoms with E-state index in [0.29, 0.717) is 11.3 Å². The quantitative estimate of drug-likeness (QED) is 0.781. The molecule has 25 heavy (non-hydrogen) atoms. The molecule has 0 aromatic heterocycles. The van der Waals surface area contributed by atoms with E-state index in [1.807, 2.05) is 0 Å². The molecule has 2 heterocycles. The van der Waals surface area contributed by atoms with E-state index in [1.165, 1.54) is 11.0 Å². The number of alkyl halides is 3. The van der Waals surface area contributed by atoms with Gasteiger partial charge >= 0.3 is 12.1 Å². The Kier molecular flexibility index (Phi) is 4.44. The lowest BCUT2D eigenvalue weighted by atomic mass is 9.97. The summed E-state index contributed by atoms with van der Waals surface area (Å²) < 4.78 is 51.6. The van der Waals surface area contributed by atoms with Crippen LogP contribution in [0.15, 0.2) is 18.2 Å². The SMILES string of the molecule is O=C(C1CCCN1C(=O)C(F)(F)F)N1CCC(O)c2cc(F)ccc21. The Morgan fingerprint density at radius 2 is 1.88 bits per heavy atom. The molecule has 0 bridgehead atoms. The summed E-state index contributed by atoms with van der Waals surface area (Å²) in [5.74, 6) is -3.25. The van der Waals surface area contributed by atoms with Crippen LogP contribution in [0.4, 0.5) is 23.2 Å². The van der Waals surface area contributed by atoms with Gasteiger partial charge in [0.05, 0.1) is 6.10 Å². The lowest BCUT2D eigenvalue weighted by Crippen LogP contribution is -2.52. The maximum absolute atomic E-state index is 13.4. The van der Waals surface area contributed by atoms with Crippen molar-refractivity contribution in [2.24, 2.45) is 0 Å². The summed E-state index contributed by atoms with van der Waals surface area (Å²) in [4.78, 5) is 26.1. The summed E-state index contributed by atoms with van der Waals surface area (Å²) >= 11 is 0. The smallest absolute Gasteiger partial charge is 0.388 e. The third kappa shape index (κ3) is 3.20. The van der Waals surface area contributed by atoms with Gasteiger partial charge in [0, 0.05) is 24.3 Å². The van der Waals surface area contributed by atoms with Crippen LogP contribution in [0.3, 0.4) is 0 Å². The van der Waals surface area contributed by atoms with E-state index in [1.54, 1.807) is 0 Å². The monoisotopic (exact) mass is 360 g/mol. The number of halogens is 4. The standard InChI is InChI=1S/C16H16F4N2O3/c17-9-3-4-11-10(8-9)13(23)5-7-21(11)14(24)12-2-1-6-22(12)15(25)16(18,19)20/h3-4,8,12-13,23H,1-2,5-7H2. The van der Waals surface area contributed by atoms with Crippen LogP contribution in [0.25, 0.3) is 0 Å². The summed E-state index contributed by atoms with van der Waals surface area (Å²) in [6.07, 6.45) is -5.42. The van der Waals surface area contributed by atoms with Crippen molar-refractivity contribution in [3.05, 3.63) is 29.6 Å². The van der Waals surface area contributed by atoms with Crippen LogP contribution in [0.5, 0.6) is 0 Å². The van der Waals surface area contributed by atoms with Gasteiger partial charge in [0.25, 0.3) is 0 Å². The third-order valence-corrected chi connectivity index (χ3v) is 4.57. The number of carbonyl (C=O) groups is 2. The first-order valence-corrected chi connectivity index (χ1v) is 7.87. The molecule has 2 unspecified atom stereocenters. The molecule has 136 valence electrons. The highest BCUT2D eigenvalue weighted by molar-refractivity contribution is 6.01. The molecule has 5 nitrogen and oxygen atoms in total. The van der Waals surface area contributed by atoms with Crippen LogP contribution in [0, 0.1) is 5.82 Å². The van der Waals surface area contributed by atoms with E-state index in [2.05, 4.69) is 0 Å². The van der Waals surface area contributed by atoms with Crippen LogP contribution in [0.2, 0.25) is 0 Å². The van der Waals surface area contributed by atoms with E-state index in [4.69, 9.17) is 0 Å². The van der Waals surface area contributed by atoms with Crippen LogP contribution in [-0.2, 0) is 9.59 Å². The molecule has 1 N–H and O–H groups in total. The molecule has 1 aromatic rings. The zero-order valence-electron chi connectivity index (χ0n) is 13.1. The molecular formula is C16H16F4N2O3. The van der Waals surface area contributed by atoms with Crippen molar-refractivity contribution in [2.75, 3.05) is 18.0 Å². The van der Waals surface area contributed by atoms with Gasteiger partial charge in [-0.2, -0.15) is 13.2 Å². The van der Waals surface area contributed by atoms with Gasteiger partial charge in [-0.25, -0.2) is 4.39 Å². The molecule has 0 radical (unpaired) electrons. The highest BCUT2D eigenvalue weighted by atomic mass is 19.4. The Morgan fingerprint density at radius 3 is 2.56 bits per heavy atom. The normalized spacial score (nSPS) is 23.6. The van der Waals surface area contributed by atoms with Gasteiger partial charge < -0.3 is 14.9 Å². The summed E-state index contributed by atoms with van der Waals surface area (Å²) in [6, 6.07) is 2.33. The minimum absolute atomic E-state index is 0.0865. The van der Waals surface area contributed by atoms with Gasteiger partial charge in [-0.3, -0.25) is 9.59 Å². The second-order valence-corrected chi connectivity index (χ2v) is 6.15. The largest absolute Gasteiger partial charge is 0.471 e. The summed E-state index contributed by atoms with van der Waals surface area (Å²) in [6.45, 7) is -0.0509. The first kappa shape index (κ1) is 17.7. The molecule has 2 aliphatic rings. The summed E-state index contributed by atoms with van der Waals surface area (Å²) in [7, 11) is 0. The van der Waals surface area contributed by atoms with Crippen LogP contribution in [0.1, 0.15) is 30.9 Å². The van der Waals surface area contributed by atoms with Crippen molar-refractivity contribution in [3.63, 3.8) is 0 Å². The van der Waals surface area contributed by atoms with E-state index in [-0.39, 0.29) is 37.2 Å². The topological polar surface area (TPSA) is 60.9 Å². The predicted octanol–water partition coefficient (Wildman–Crippen LogP) is 2.15. The number of likely N-dealkylation sites (tertiary alicyclic amines) is 1.